The highest BCUT2D eigenvalue weighted by atomic mass is 19.2. The van der Waals surface area contributed by atoms with Crippen molar-refractivity contribution in [3.63, 3.8) is 0 Å². The SMILES string of the molecule is CN(Cc1ccccn1)CC(N)c1ccc(F)c(F)c1. The lowest BCUT2D eigenvalue weighted by Crippen LogP contribution is -2.29. The first-order valence-electron chi connectivity index (χ1n) is 6.35. The summed E-state index contributed by atoms with van der Waals surface area (Å²) in [6.07, 6.45) is 1.73. The molecule has 1 aromatic carbocycles. The predicted molar refractivity (Wildman–Crippen MR) is 73.9 cm³/mol. The molecule has 0 amide bonds. The maximum atomic E-state index is 13.2. The smallest absolute Gasteiger partial charge is 0.159 e. The molecule has 1 atom stereocenters. The number of aromatic nitrogens is 1. The summed E-state index contributed by atoms with van der Waals surface area (Å²) in [6.45, 7) is 1.18. The van der Waals surface area contributed by atoms with Gasteiger partial charge in [-0.1, -0.05) is 12.1 Å². The number of benzene rings is 1. The molecule has 0 aliphatic rings. The van der Waals surface area contributed by atoms with Crippen LogP contribution in [0.1, 0.15) is 17.3 Å². The second-order valence-corrected chi connectivity index (χ2v) is 4.80. The topological polar surface area (TPSA) is 42.2 Å². The Morgan fingerprint density at radius 1 is 1.20 bits per heavy atom. The summed E-state index contributed by atoms with van der Waals surface area (Å²) in [5.41, 5.74) is 7.54. The van der Waals surface area contributed by atoms with Crippen LogP contribution < -0.4 is 5.73 Å². The Labute approximate surface area is 117 Å². The van der Waals surface area contributed by atoms with E-state index in [1.165, 1.54) is 6.07 Å². The molecule has 0 aliphatic carbocycles. The first-order valence-corrected chi connectivity index (χ1v) is 6.35. The standard InChI is InChI=1S/C15H17F2N3/c1-20(9-12-4-2-3-7-19-12)10-15(18)11-5-6-13(16)14(17)8-11/h2-8,15H,9-10,18H2,1H3. The first-order chi connectivity index (χ1) is 9.56. The highest BCUT2D eigenvalue weighted by Gasteiger charge is 2.12. The van der Waals surface area contributed by atoms with Gasteiger partial charge in [0.25, 0.3) is 0 Å². The lowest BCUT2D eigenvalue weighted by molar-refractivity contribution is 0.301. The zero-order valence-corrected chi connectivity index (χ0v) is 11.3. The molecule has 3 nitrogen and oxygen atoms in total. The van der Waals surface area contributed by atoms with Gasteiger partial charge < -0.3 is 5.73 Å². The number of rotatable bonds is 5. The minimum absolute atomic E-state index is 0.376. The Bertz CT molecular complexity index is 560. The van der Waals surface area contributed by atoms with Crippen molar-refractivity contribution in [2.24, 2.45) is 5.73 Å². The van der Waals surface area contributed by atoms with E-state index in [0.717, 1.165) is 17.8 Å². The van der Waals surface area contributed by atoms with Crippen LogP contribution in [-0.4, -0.2) is 23.5 Å². The molecule has 1 unspecified atom stereocenters. The maximum absolute atomic E-state index is 13.2. The monoisotopic (exact) mass is 277 g/mol. The zero-order chi connectivity index (χ0) is 14.5. The number of pyridine rings is 1. The van der Waals surface area contributed by atoms with E-state index >= 15 is 0 Å². The molecule has 1 heterocycles. The van der Waals surface area contributed by atoms with Gasteiger partial charge in [0, 0.05) is 25.3 Å². The Morgan fingerprint density at radius 2 is 2.00 bits per heavy atom. The highest BCUT2D eigenvalue weighted by Crippen LogP contribution is 2.15. The third-order valence-corrected chi connectivity index (χ3v) is 3.04. The van der Waals surface area contributed by atoms with Crippen LogP contribution >= 0.6 is 0 Å². The van der Waals surface area contributed by atoms with Crippen molar-refractivity contribution in [1.29, 1.82) is 0 Å². The summed E-state index contributed by atoms with van der Waals surface area (Å²) in [4.78, 5) is 6.23. The van der Waals surface area contributed by atoms with Crippen molar-refractivity contribution in [3.8, 4) is 0 Å². The lowest BCUT2D eigenvalue weighted by Gasteiger charge is -2.21. The third-order valence-electron chi connectivity index (χ3n) is 3.04. The van der Waals surface area contributed by atoms with Crippen LogP contribution in [0.2, 0.25) is 0 Å². The van der Waals surface area contributed by atoms with Gasteiger partial charge in [0.2, 0.25) is 0 Å². The first kappa shape index (κ1) is 14.6. The van der Waals surface area contributed by atoms with Gasteiger partial charge in [0.05, 0.1) is 5.69 Å². The molecular weight excluding hydrogens is 260 g/mol. The molecular formula is C15H17F2N3. The van der Waals surface area contributed by atoms with E-state index in [0.29, 0.717) is 18.7 Å². The molecule has 2 rings (SSSR count). The fourth-order valence-electron chi connectivity index (χ4n) is 2.02. The van der Waals surface area contributed by atoms with Crippen molar-refractivity contribution in [2.45, 2.75) is 12.6 Å². The molecule has 0 bridgehead atoms. The second kappa shape index (κ2) is 6.54. The van der Waals surface area contributed by atoms with Crippen molar-refractivity contribution in [2.75, 3.05) is 13.6 Å². The molecule has 2 N–H and O–H groups in total. The molecule has 0 aliphatic heterocycles. The van der Waals surface area contributed by atoms with E-state index in [9.17, 15) is 8.78 Å². The molecule has 2 aromatic rings. The van der Waals surface area contributed by atoms with E-state index < -0.39 is 11.6 Å². The van der Waals surface area contributed by atoms with Crippen LogP contribution in [0.3, 0.4) is 0 Å². The van der Waals surface area contributed by atoms with Gasteiger partial charge in [0.15, 0.2) is 11.6 Å². The van der Waals surface area contributed by atoms with Crippen LogP contribution in [-0.2, 0) is 6.54 Å². The molecule has 0 radical (unpaired) electrons. The average molecular weight is 277 g/mol. The fraction of sp³-hybridized carbons (Fsp3) is 0.267. The summed E-state index contributed by atoms with van der Waals surface area (Å²) < 4.78 is 26.0. The third kappa shape index (κ3) is 3.82. The number of hydrogen-bond donors (Lipinski definition) is 1. The van der Waals surface area contributed by atoms with Crippen LogP contribution in [0.15, 0.2) is 42.6 Å². The van der Waals surface area contributed by atoms with Crippen molar-refractivity contribution < 1.29 is 8.78 Å². The minimum atomic E-state index is -0.870. The Morgan fingerprint density at radius 3 is 2.65 bits per heavy atom. The second-order valence-electron chi connectivity index (χ2n) is 4.80. The van der Waals surface area contributed by atoms with Gasteiger partial charge in [0.1, 0.15) is 0 Å². The van der Waals surface area contributed by atoms with Crippen molar-refractivity contribution in [1.82, 2.24) is 9.88 Å². The maximum Gasteiger partial charge on any atom is 0.159 e. The van der Waals surface area contributed by atoms with Crippen LogP contribution in [0.4, 0.5) is 8.78 Å². The summed E-state index contributed by atoms with van der Waals surface area (Å²) >= 11 is 0. The van der Waals surface area contributed by atoms with E-state index in [1.54, 1.807) is 6.20 Å². The lowest BCUT2D eigenvalue weighted by atomic mass is 10.1. The number of nitrogens with zero attached hydrogens (tertiary/aromatic N) is 2. The van der Waals surface area contributed by atoms with E-state index in [1.807, 2.05) is 30.1 Å². The number of nitrogens with two attached hydrogens (primary N) is 1. The fourth-order valence-corrected chi connectivity index (χ4v) is 2.02. The molecule has 106 valence electrons. The van der Waals surface area contributed by atoms with E-state index in [2.05, 4.69) is 4.98 Å². The zero-order valence-electron chi connectivity index (χ0n) is 11.3. The summed E-state index contributed by atoms with van der Waals surface area (Å²) in [6, 6.07) is 9.09. The predicted octanol–water partition coefficient (Wildman–Crippen LogP) is 2.49. The largest absolute Gasteiger partial charge is 0.323 e. The van der Waals surface area contributed by atoms with Gasteiger partial charge in [-0.15, -0.1) is 0 Å². The van der Waals surface area contributed by atoms with E-state index in [-0.39, 0.29) is 6.04 Å². The van der Waals surface area contributed by atoms with Gasteiger partial charge >= 0.3 is 0 Å². The molecule has 20 heavy (non-hydrogen) atoms. The van der Waals surface area contributed by atoms with Crippen LogP contribution in [0, 0.1) is 11.6 Å². The van der Waals surface area contributed by atoms with Gasteiger partial charge in [-0.2, -0.15) is 0 Å². The number of hydrogen-bond acceptors (Lipinski definition) is 3. The minimum Gasteiger partial charge on any atom is -0.323 e. The highest BCUT2D eigenvalue weighted by molar-refractivity contribution is 5.21. The van der Waals surface area contributed by atoms with Gasteiger partial charge in [-0.3, -0.25) is 9.88 Å². The molecule has 5 heteroatoms. The summed E-state index contributed by atoms with van der Waals surface area (Å²) in [5.74, 6) is -1.73. The Balaban J connectivity index is 1.96. The number of halogens is 2. The average Bonchev–Trinajstić information content (AvgIpc) is 2.42. The molecule has 0 saturated heterocycles. The normalized spacial score (nSPS) is 12.7. The Hall–Kier alpha value is -1.85. The Kier molecular flexibility index (Phi) is 4.76. The quantitative estimate of drug-likeness (QED) is 0.913. The van der Waals surface area contributed by atoms with Crippen molar-refractivity contribution >= 4 is 0 Å². The molecule has 0 fully saturated rings. The van der Waals surface area contributed by atoms with Gasteiger partial charge in [-0.25, -0.2) is 8.78 Å². The molecule has 0 saturated carbocycles. The number of likely N-dealkylation sites (N-methyl/N-ethyl adjacent to an activating group) is 1. The van der Waals surface area contributed by atoms with Crippen LogP contribution in [0.5, 0.6) is 0 Å². The van der Waals surface area contributed by atoms with E-state index in [4.69, 9.17) is 5.73 Å². The van der Waals surface area contributed by atoms with Crippen LogP contribution in [0.25, 0.3) is 0 Å². The van der Waals surface area contributed by atoms with Gasteiger partial charge in [-0.05, 0) is 36.9 Å². The molecule has 1 aromatic heterocycles. The van der Waals surface area contributed by atoms with Crippen molar-refractivity contribution in [3.05, 3.63) is 65.5 Å². The molecule has 0 spiro atoms. The summed E-state index contributed by atoms with van der Waals surface area (Å²) in [5, 5.41) is 0. The summed E-state index contributed by atoms with van der Waals surface area (Å²) in [7, 11) is 1.91.